The van der Waals surface area contributed by atoms with Crippen LogP contribution in [0.5, 0.6) is 5.75 Å². The van der Waals surface area contributed by atoms with E-state index in [1.165, 1.54) is 0 Å². The summed E-state index contributed by atoms with van der Waals surface area (Å²) < 4.78 is 10.8. The Morgan fingerprint density at radius 1 is 1.27 bits per heavy atom. The van der Waals surface area contributed by atoms with E-state index in [9.17, 15) is 9.59 Å². The summed E-state index contributed by atoms with van der Waals surface area (Å²) in [5.41, 5.74) is 1.81. The number of hydrogen-bond acceptors (Lipinski definition) is 4. The van der Waals surface area contributed by atoms with Crippen molar-refractivity contribution < 1.29 is 19.1 Å². The van der Waals surface area contributed by atoms with Gasteiger partial charge in [0.2, 0.25) is 0 Å². The van der Waals surface area contributed by atoms with Gasteiger partial charge in [0.25, 0.3) is 5.91 Å². The van der Waals surface area contributed by atoms with E-state index < -0.39 is 0 Å². The molecule has 4 rings (SSSR count). The molecule has 0 radical (unpaired) electrons. The number of esters is 1. The van der Waals surface area contributed by atoms with Gasteiger partial charge in [-0.1, -0.05) is 19.1 Å². The number of ether oxygens (including phenoxy) is 2. The van der Waals surface area contributed by atoms with E-state index in [2.05, 4.69) is 19.1 Å². The number of rotatable bonds is 3. The van der Waals surface area contributed by atoms with Gasteiger partial charge in [-0.3, -0.25) is 9.59 Å². The molecule has 0 saturated carbocycles. The molecule has 0 spiro atoms. The van der Waals surface area contributed by atoms with Crippen LogP contribution in [-0.2, 0) is 16.0 Å². The zero-order valence-corrected chi connectivity index (χ0v) is 15.3. The van der Waals surface area contributed by atoms with Crippen molar-refractivity contribution in [2.45, 2.75) is 20.3 Å². The molecule has 4 atom stereocenters. The lowest BCUT2D eigenvalue weighted by atomic mass is 9.72. The van der Waals surface area contributed by atoms with Gasteiger partial charge in [0.15, 0.2) is 0 Å². The number of fused-ring (bicyclic) bond motifs is 2. The number of carbonyl (C=O) groups excluding carboxylic acids is 2. The number of nitrogens with zero attached hydrogens (tertiary/aromatic N) is 1. The Balaban J connectivity index is 1.53. The van der Waals surface area contributed by atoms with Crippen molar-refractivity contribution in [3.8, 4) is 5.75 Å². The third-order valence-corrected chi connectivity index (χ3v) is 5.88. The second-order valence-electron chi connectivity index (χ2n) is 7.48. The fourth-order valence-corrected chi connectivity index (χ4v) is 4.56. The van der Waals surface area contributed by atoms with Crippen LogP contribution in [0.3, 0.4) is 0 Å². The standard InChI is InChI=1S/C21H25NO4/c1-3-25-21(24)19-13(2)4-5-16-11-22(12-17(16)19)20(23)15-6-7-18-14(10-15)8-9-26-18/h4-7,10,13,16-17,19H,3,8-9,11-12H2,1-2H3/t13-,16-,17-,19-/m0/s1. The minimum Gasteiger partial charge on any atom is -0.493 e. The molecule has 0 N–H and O–H groups in total. The first-order valence-corrected chi connectivity index (χ1v) is 9.48. The molecule has 0 bridgehead atoms. The van der Waals surface area contributed by atoms with E-state index in [1.807, 2.05) is 30.0 Å². The summed E-state index contributed by atoms with van der Waals surface area (Å²) in [5, 5.41) is 0. The minimum absolute atomic E-state index is 0.0396. The Morgan fingerprint density at radius 3 is 2.92 bits per heavy atom. The molecule has 2 aliphatic heterocycles. The zero-order chi connectivity index (χ0) is 18.3. The van der Waals surface area contributed by atoms with Crippen molar-refractivity contribution in [1.82, 2.24) is 4.90 Å². The third kappa shape index (κ3) is 2.89. The van der Waals surface area contributed by atoms with E-state index in [-0.39, 0.29) is 35.5 Å². The van der Waals surface area contributed by atoms with Gasteiger partial charge >= 0.3 is 5.97 Å². The van der Waals surface area contributed by atoms with E-state index >= 15 is 0 Å². The Hall–Kier alpha value is -2.30. The molecule has 26 heavy (non-hydrogen) atoms. The van der Waals surface area contributed by atoms with Gasteiger partial charge in [0, 0.05) is 25.1 Å². The summed E-state index contributed by atoms with van der Waals surface area (Å²) in [7, 11) is 0. The van der Waals surface area contributed by atoms with Gasteiger partial charge in [-0.2, -0.15) is 0 Å². The lowest BCUT2D eigenvalue weighted by Gasteiger charge is -2.31. The first kappa shape index (κ1) is 17.1. The second kappa shape index (κ2) is 6.78. The predicted molar refractivity (Wildman–Crippen MR) is 97.0 cm³/mol. The summed E-state index contributed by atoms with van der Waals surface area (Å²) in [4.78, 5) is 27.4. The normalized spacial score (nSPS) is 29.1. The van der Waals surface area contributed by atoms with Crippen molar-refractivity contribution in [2.75, 3.05) is 26.3 Å². The lowest BCUT2D eigenvalue weighted by molar-refractivity contribution is -0.152. The van der Waals surface area contributed by atoms with Crippen LogP contribution in [0.1, 0.15) is 29.8 Å². The minimum atomic E-state index is -0.170. The highest BCUT2D eigenvalue weighted by atomic mass is 16.5. The number of carbonyl (C=O) groups is 2. The smallest absolute Gasteiger partial charge is 0.309 e. The fraction of sp³-hybridized carbons (Fsp3) is 0.524. The first-order chi connectivity index (χ1) is 12.6. The fourth-order valence-electron chi connectivity index (χ4n) is 4.56. The molecular formula is C21H25NO4. The third-order valence-electron chi connectivity index (χ3n) is 5.88. The van der Waals surface area contributed by atoms with Crippen molar-refractivity contribution in [2.24, 2.45) is 23.7 Å². The van der Waals surface area contributed by atoms with Crippen LogP contribution in [0.25, 0.3) is 0 Å². The summed E-state index contributed by atoms with van der Waals surface area (Å²) in [6.07, 6.45) is 5.13. The molecule has 1 aliphatic carbocycles. The first-order valence-electron chi connectivity index (χ1n) is 9.48. The summed E-state index contributed by atoms with van der Waals surface area (Å²) >= 11 is 0. The number of benzene rings is 1. The monoisotopic (exact) mass is 355 g/mol. The van der Waals surface area contributed by atoms with E-state index in [4.69, 9.17) is 9.47 Å². The van der Waals surface area contributed by atoms with E-state index in [1.54, 1.807) is 0 Å². The van der Waals surface area contributed by atoms with Gasteiger partial charge in [-0.05, 0) is 48.4 Å². The van der Waals surface area contributed by atoms with Crippen molar-refractivity contribution in [3.05, 3.63) is 41.5 Å². The maximum Gasteiger partial charge on any atom is 0.309 e. The Kier molecular flexibility index (Phi) is 4.47. The maximum absolute atomic E-state index is 13.0. The topological polar surface area (TPSA) is 55.8 Å². The van der Waals surface area contributed by atoms with Crippen LogP contribution in [0.2, 0.25) is 0 Å². The second-order valence-corrected chi connectivity index (χ2v) is 7.48. The summed E-state index contributed by atoms with van der Waals surface area (Å²) in [6.45, 7) is 6.24. The molecule has 0 aromatic heterocycles. The molecule has 138 valence electrons. The quantitative estimate of drug-likeness (QED) is 0.618. The van der Waals surface area contributed by atoms with E-state index in [0.717, 1.165) is 17.7 Å². The Bertz CT molecular complexity index is 756. The summed E-state index contributed by atoms with van der Waals surface area (Å²) in [5.74, 6) is 1.12. The molecule has 3 aliphatic rings. The Labute approximate surface area is 154 Å². The number of hydrogen-bond donors (Lipinski definition) is 0. The Morgan fingerprint density at radius 2 is 2.12 bits per heavy atom. The molecule has 1 aromatic carbocycles. The highest BCUT2D eigenvalue weighted by Crippen LogP contribution is 2.40. The zero-order valence-electron chi connectivity index (χ0n) is 15.3. The number of amides is 1. The van der Waals surface area contributed by atoms with Crippen LogP contribution in [0.15, 0.2) is 30.4 Å². The van der Waals surface area contributed by atoms with Crippen LogP contribution in [-0.4, -0.2) is 43.1 Å². The van der Waals surface area contributed by atoms with Crippen molar-refractivity contribution >= 4 is 11.9 Å². The average molecular weight is 355 g/mol. The molecular weight excluding hydrogens is 330 g/mol. The molecule has 5 heteroatoms. The molecule has 2 heterocycles. The van der Waals surface area contributed by atoms with Crippen LogP contribution in [0, 0.1) is 23.7 Å². The highest BCUT2D eigenvalue weighted by molar-refractivity contribution is 5.95. The number of likely N-dealkylation sites (tertiary alicyclic amines) is 1. The lowest BCUT2D eigenvalue weighted by Crippen LogP contribution is -2.37. The van der Waals surface area contributed by atoms with Gasteiger partial charge < -0.3 is 14.4 Å². The highest BCUT2D eigenvalue weighted by Gasteiger charge is 2.46. The molecule has 1 saturated heterocycles. The SMILES string of the molecule is CCOC(=O)[C@@H]1[C@H]2CN(C(=O)c3ccc4c(c3)CCO4)C[C@@H]2C=C[C@@H]1C. The predicted octanol–water partition coefficient (Wildman–Crippen LogP) is 2.69. The molecule has 5 nitrogen and oxygen atoms in total. The molecule has 1 aromatic rings. The van der Waals surface area contributed by atoms with Crippen molar-refractivity contribution in [3.63, 3.8) is 0 Å². The largest absolute Gasteiger partial charge is 0.493 e. The van der Waals surface area contributed by atoms with Crippen molar-refractivity contribution in [1.29, 1.82) is 0 Å². The average Bonchev–Trinajstić information content (AvgIpc) is 3.26. The van der Waals surface area contributed by atoms with E-state index in [0.29, 0.717) is 31.9 Å². The van der Waals surface area contributed by atoms with Gasteiger partial charge in [-0.25, -0.2) is 0 Å². The number of allylic oxidation sites excluding steroid dienone is 1. The molecule has 0 unspecified atom stereocenters. The van der Waals surface area contributed by atoms with Gasteiger partial charge in [-0.15, -0.1) is 0 Å². The maximum atomic E-state index is 13.0. The summed E-state index contributed by atoms with van der Waals surface area (Å²) in [6, 6.07) is 5.69. The van der Waals surface area contributed by atoms with Crippen LogP contribution < -0.4 is 4.74 Å². The van der Waals surface area contributed by atoms with Gasteiger partial charge in [0.05, 0.1) is 19.1 Å². The van der Waals surface area contributed by atoms with Crippen LogP contribution in [0.4, 0.5) is 0 Å². The molecule has 1 amide bonds. The van der Waals surface area contributed by atoms with Gasteiger partial charge in [0.1, 0.15) is 5.75 Å². The van der Waals surface area contributed by atoms with Crippen LogP contribution >= 0.6 is 0 Å². The molecule has 1 fully saturated rings.